The van der Waals surface area contributed by atoms with Crippen molar-refractivity contribution in [2.45, 2.75) is 64.6 Å². The first kappa shape index (κ1) is 27.8. The fraction of sp³-hybridized carbons (Fsp3) is 0.394. The van der Waals surface area contributed by atoms with E-state index in [0.29, 0.717) is 36.7 Å². The van der Waals surface area contributed by atoms with Crippen molar-refractivity contribution in [3.8, 4) is 0 Å². The van der Waals surface area contributed by atoms with Crippen molar-refractivity contribution in [3.63, 3.8) is 0 Å². The van der Waals surface area contributed by atoms with E-state index in [0.717, 1.165) is 36.3 Å². The molecule has 0 aliphatic carbocycles. The zero-order valence-corrected chi connectivity index (χ0v) is 23.5. The molecule has 0 aromatic heterocycles. The minimum atomic E-state index is -0.541. The number of likely N-dealkylation sites (tertiary alicyclic amines) is 1. The summed E-state index contributed by atoms with van der Waals surface area (Å²) in [6.45, 7) is 7.02. The van der Waals surface area contributed by atoms with Crippen LogP contribution in [0.15, 0.2) is 66.7 Å². The Morgan fingerprint density at radius 3 is 2.38 bits per heavy atom. The van der Waals surface area contributed by atoms with Gasteiger partial charge in [0.15, 0.2) is 0 Å². The number of nitrogens with one attached hydrogen (secondary N) is 2. The fourth-order valence-corrected chi connectivity index (χ4v) is 5.97. The van der Waals surface area contributed by atoms with Crippen LogP contribution in [0.3, 0.4) is 0 Å². The summed E-state index contributed by atoms with van der Waals surface area (Å²) in [6.07, 6.45) is 3.39. The number of amides is 2. The van der Waals surface area contributed by atoms with Crippen molar-refractivity contribution in [1.29, 1.82) is 0 Å². The molecule has 2 aliphatic rings. The number of piperidine rings is 1. The molecule has 3 aromatic rings. The molecular weight excluding hydrogens is 505 g/mol. The lowest BCUT2D eigenvalue weighted by molar-refractivity contribution is -0.123. The van der Waals surface area contributed by atoms with Crippen LogP contribution in [0, 0.1) is 25.6 Å². The van der Waals surface area contributed by atoms with Crippen molar-refractivity contribution >= 4 is 23.2 Å². The summed E-state index contributed by atoms with van der Waals surface area (Å²) in [5, 5.41) is 6.65. The Balaban J connectivity index is 1.45. The number of ether oxygens (including phenoxy) is 1. The predicted molar refractivity (Wildman–Crippen MR) is 156 cm³/mol. The number of carbonyl (C=O) groups excluding carboxylic acids is 2. The van der Waals surface area contributed by atoms with Crippen LogP contribution in [-0.2, 0) is 9.53 Å². The first-order valence-corrected chi connectivity index (χ1v) is 14.2. The highest BCUT2D eigenvalue weighted by atomic mass is 19.1. The maximum Gasteiger partial charge on any atom is 0.257 e. The van der Waals surface area contributed by atoms with Gasteiger partial charge in [-0.05, 0) is 87.9 Å². The third-order valence-electron chi connectivity index (χ3n) is 8.09. The van der Waals surface area contributed by atoms with E-state index < -0.39 is 17.8 Å². The van der Waals surface area contributed by atoms with Gasteiger partial charge in [0.2, 0.25) is 5.91 Å². The summed E-state index contributed by atoms with van der Waals surface area (Å²) >= 11 is 0. The molecule has 0 bridgehead atoms. The highest BCUT2D eigenvalue weighted by Crippen LogP contribution is 2.39. The van der Waals surface area contributed by atoms with Crippen molar-refractivity contribution in [3.05, 3.63) is 94.8 Å². The van der Waals surface area contributed by atoms with Crippen LogP contribution in [0.25, 0.3) is 0 Å². The number of aryl methyl sites for hydroxylation is 2. The first-order valence-electron chi connectivity index (χ1n) is 14.2. The Hall–Kier alpha value is -3.71. The highest BCUT2D eigenvalue weighted by Gasteiger charge is 2.40. The summed E-state index contributed by atoms with van der Waals surface area (Å²) in [6, 6.07) is 20.1. The van der Waals surface area contributed by atoms with E-state index in [4.69, 9.17) is 4.74 Å². The third-order valence-corrected chi connectivity index (χ3v) is 8.09. The van der Waals surface area contributed by atoms with E-state index in [9.17, 15) is 14.0 Å². The average molecular weight is 544 g/mol. The summed E-state index contributed by atoms with van der Waals surface area (Å²) < 4.78 is 20.6. The number of anilines is 2. The number of rotatable bonds is 6. The Labute approximate surface area is 235 Å². The van der Waals surface area contributed by atoms with Crippen molar-refractivity contribution < 1.29 is 18.7 Å². The lowest BCUT2D eigenvalue weighted by Crippen LogP contribution is -2.46. The maximum absolute atomic E-state index is 14.9. The molecule has 40 heavy (non-hydrogen) atoms. The van der Waals surface area contributed by atoms with Gasteiger partial charge in [-0.2, -0.15) is 0 Å². The molecule has 2 aliphatic heterocycles. The molecule has 2 heterocycles. The van der Waals surface area contributed by atoms with Crippen LogP contribution in [0.5, 0.6) is 0 Å². The van der Waals surface area contributed by atoms with Gasteiger partial charge in [0.1, 0.15) is 5.82 Å². The minimum absolute atomic E-state index is 0.0685. The second-order valence-electron chi connectivity index (χ2n) is 11.1. The van der Waals surface area contributed by atoms with Crippen molar-refractivity contribution in [2.75, 3.05) is 23.8 Å². The Morgan fingerprint density at radius 1 is 0.950 bits per heavy atom. The van der Waals surface area contributed by atoms with Crippen LogP contribution in [-0.4, -0.2) is 42.0 Å². The summed E-state index contributed by atoms with van der Waals surface area (Å²) in [5.41, 5.74) is 4.32. The van der Waals surface area contributed by atoms with E-state index in [1.165, 1.54) is 6.07 Å². The summed E-state index contributed by atoms with van der Waals surface area (Å²) in [4.78, 5) is 29.3. The van der Waals surface area contributed by atoms with E-state index in [-0.39, 0.29) is 23.5 Å². The van der Waals surface area contributed by atoms with Crippen LogP contribution >= 0.6 is 0 Å². The Morgan fingerprint density at radius 2 is 1.68 bits per heavy atom. The Bertz CT molecular complexity index is 1320. The molecule has 2 fully saturated rings. The average Bonchev–Trinajstić information content (AvgIpc) is 2.94. The van der Waals surface area contributed by atoms with E-state index in [2.05, 4.69) is 17.6 Å². The summed E-state index contributed by atoms with van der Waals surface area (Å²) in [5.74, 6) is -1.55. The number of halogens is 1. The number of hydrogen-bond acceptors (Lipinski definition) is 4. The Kier molecular flexibility index (Phi) is 8.50. The molecule has 210 valence electrons. The molecule has 3 aromatic carbocycles. The van der Waals surface area contributed by atoms with Gasteiger partial charge in [-0.15, -0.1) is 0 Å². The smallest absolute Gasteiger partial charge is 0.257 e. The SMILES string of the molecule is Cc1ccc(NC(=O)[C@H]2CCCN(C(=O)c3c(C)cccc3F)[C@H]2c2ccc(NC3CCO[C@@H](C)C3)cc2)cc1. The lowest BCUT2D eigenvalue weighted by atomic mass is 9.83. The fourth-order valence-electron chi connectivity index (χ4n) is 5.97. The standard InChI is InChI=1S/C33H38FN3O3/c1-21-9-13-26(14-10-21)36-32(38)28-7-5-18-37(33(39)30-22(2)6-4-8-29(30)34)31(28)24-11-15-25(16-12-24)35-27-17-19-40-23(3)20-27/h4,6,8-16,23,27-28,31,35H,5,7,17-20H2,1-3H3,(H,36,38)/t23-,27?,28-,31-/m0/s1. The number of carbonyl (C=O) groups is 2. The molecule has 0 spiro atoms. The first-order chi connectivity index (χ1) is 19.3. The molecule has 2 N–H and O–H groups in total. The monoisotopic (exact) mass is 543 g/mol. The molecule has 1 unspecified atom stereocenters. The van der Waals surface area contributed by atoms with Crippen molar-refractivity contribution in [1.82, 2.24) is 4.90 Å². The van der Waals surface area contributed by atoms with E-state index in [1.807, 2.05) is 55.5 Å². The zero-order chi connectivity index (χ0) is 28.2. The van der Waals surface area contributed by atoms with Gasteiger partial charge < -0.3 is 20.3 Å². The molecule has 7 heteroatoms. The van der Waals surface area contributed by atoms with Gasteiger partial charge in [0, 0.05) is 30.6 Å². The second-order valence-corrected chi connectivity index (χ2v) is 11.1. The normalized spacial score (nSPS) is 22.9. The molecule has 0 saturated carbocycles. The number of nitrogens with zero attached hydrogens (tertiary/aromatic N) is 1. The van der Waals surface area contributed by atoms with E-state index >= 15 is 0 Å². The largest absolute Gasteiger partial charge is 0.382 e. The van der Waals surface area contributed by atoms with Gasteiger partial charge in [-0.1, -0.05) is 42.0 Å². The van der Waals surface area contributed by atoms with Crippen LogP contribution in [0.4, 0.5) is 15.8 Å². The summed E-state index contributed by atoms with van der Waals surface area (Å²) in [7, 11) is 0. The van der Waals surface area contributed by atoms with Gasteiger partial charge in [-0.25, -0.2) is 4.39 Å². The van der Waals surface area contributed by atoms with E-state index in [1.54, 1.807) is 24.0 Å². The molecule has 5 rings (SSSR count). The van der Waals surface area contributed by atoms with Gasteiger partial charge in [0.25, 0.3) is 5.91 Å². The van der Waals surface area contributed by atoms with Crippen LogP contribution in [0.2, 0.25) is 0 Å². The molecule has 2 amide bonds. The van der Waals surface area contributed by atoms with Crippen LogP contribution < -0.4 is 10.6 Å². The molecule has 0 radical (unpaired) electrons. The topological polar surface area (TPSA) is 70.7 Å². The number of hydrogen-bond donors (Lipinski definition) is 2. The molecule has 2 saturated heterocycles. The zero-order valence-electron chi connectivity index (χ0n) is 23.5. The molecule has 4 atom stereocenters. The highest BCUT2D eigenvalue weighted by molar-refractivity contribution is 5.98. The maximum atomic E-state index is 14.9. The quantitative estimate of drug-likeness (QED) is 0.365. The number of benzene rings is 3. The molecular formula is C33H38FN3O3. The van der Waals surface area contributed by atoms with Gasteiger partial charge in [0.05, 0.1) is 23.6 Å². The lowest BCUT2D eigenvalue weighted by Gasteiger charge is -2.41. The molecule has 6 nitrogen and oxygen atoms in total. The van der Waals surface area contributed by atoms with Crippen LogP contribution in [0.1, 0.15) is 65.7 Å². The third kappa shape index (κ3) is 6.20. The minimum Gasteiger partial charge on any atom is -0.382 e. The van der Waals surface area contributed by atoms with Gasteiger partial charge in [-0.3, -0.25) is 9.59 Å². The second kappa shape index (κ2) is 12.2. The van der Waals surface area contributed by atoms with Crippen molar-refractivity contribution in [2.24, 2.45) is 5.92 Å². The van der Waals surface area contributed by atoms with Gasteiger partial charge >= 0.3 is 0 Å². The predicted octanol–water partition coefficient (Wildman–Crippen LogP) is 6.65.